The second-order valence-electron chi connectivity index (χ2n) is 6.96. The standard InChI is InChI=1S/C20H26F3N5O/c1-3-24-19(25-13-15-14-27(2)26-18(15)20(21,22)23)28-11-9-17(10-12-28)29-16-7-5-4-6-8-16/h4-8,14,17H,3,9-13H2,1-2H3,(H,24,25). The van der Waals surface area contributed by atoms with Crippen molar-refractivity contribution in [3.05, 3.63) is 47.8 Å². The highest BCUT2D eigenvalue weighted by molar-refractivity contribution is 5.80. The number of alkyl halides is 3. The van der Waals surface area contributed by atoms with Gasteiger partial charge in [-0.1, -0.05) is 18.2 Å². The molecule has 158 valence electrons. The van der Waals surface area contributed by atoms with Crippen LogP contribution in [0.5, 0.6) is 5.75 Å². The molecular weight excluding hydrogens is 383 g/mol. The van der Waals surface area contributed by atoms with Gasteiger partial charge in [0, 0.05) is 51.3 Å². The van der Waals surface area contributed by atoms with Gasteiger partial charge in [0.2, 0.25) is 0 Å². The van der Waals surface area contributed by atoms with Gasteiger partial charge in [0.25, 0.3) is 0 Å². The molecule has 0 spiro atoms. The van der Waals surface area contributed by atoms with Gasteiger partial charge in [0.05, 0.1) is 6.54 Å². The van der Waals surface area contributed by atoms with Gasteiger partial charge >= 0.3 is 6.18 Å². The molecule has 0 bridgehead atoms. The minimum absolute atomic E-state index is 0.0673. The van der Waals surface area contributed by atoms with E-state index in [1.165, 1.54) is 17.9 Å². The Labute approximate surface area is 168 Å². The lowest BCUT2D eigenvalue weighted by Gasteiger charge is -2.34. The Bertz CT molecular complexity index is 811. The first-order chi connectivity index (χ1) is 13.9. The lowest BCUT2D eigenvalue weighted by atomic mass is 10.1. The van der Waals surface area contributed by atoms with Crippen molar-refractivity contribution >= 4 is 5.96 Å². The summed E-state index contributed by atoms with van der Waals surface area (Å²) in [4.78, 5) is 6.51. The number of likely N-dealkylation sites (tertiary alicyclic amines) is 1. The molecule has 1 aromatic carbocycles. The van der Waals surface area contributed by atoms with Gasteiger partial charge in [-0.25, -0.2) is 4.99 Å². The summed E-state index contributed by atoms with van der Waals surface area (Å²) in [5, 5.41) is 6.72. The van der Waals surface area contributed by atoms with Crippen molar-refractivity contribution in [3.63, 3.8) is 0 Å². The van der Waals surface area contributed by atoms with E-state index in [2.05, 4.69) is 20.3 Å². The summed E-state index contributed by atoms with van der Waals surface area (Å²) >= 11 is 0. The summed E-state index contributed by atoms with van der Waals surface area (Å²) in [5.41, 5.74) is -0.813. The molecule has 0 saturated carbocycles. The number of guanidine groups is 1. The van der Waals surface area contributed by atoms with E-state index in [0.717, 1.165) is 31.7 Å². The van der Waals surface area contributed by atoms with E-state index in [0.29, 0.717) is 12.5 Å². The Morgan fingerprint density at radius 3 is 2.55 bits per heavy atom. The number of benzene rings is 1. The first-order valence-corrected chi connectivity index (χ1v) is 9.71. The molecule has 29 heavy (non-hydrogen) atoms. The van der Waals surface area contributed by atoms with Crippen LogP contribution in [0.2, 0.25) is 0 Å². The molecule has 0 atom stereocenters. The zero-order chi connectivity index (χ0) is 20.9. The van der Waals surface area contributed by atoms with Gasteiger partial charge in [0.15, 0.2) is 11.7 Å². The molecule has 6 nitrogen and oxygen atoms in total. The highest BCUT2D eigenvalue weighted by atomic mass is 19.4. The summed E-state index contributed by atoms with van der Waals surface area (Å²) in [6.07, 6.45) is -1.36. The lowest BCUT2D eigenvalue weighted by Crippen LogP contribution is -2.47. The van der Waals surface area contributed by atoms with Crippen LogP contribution in [0.15, 0.2) is 41.5 Å². The van der Waals surface area contributed by atoms with Crippen molar-refractivity contribution in [2.75, 3.05) is 19.6 Å². The number of nitrogens with zero attached hydrogens (tertiary/aromatic N) is 4. The Kier molecular flexibility index (Phi) is 6.66. The number of hydrogen-bond donors (Lipinski definition) is 1. The molecule has 1 aliphatic heterocycles. The fraction of sp³-hybridized carbons (Fsp3) is 0.500. The number of aryl methyl sites for hydroxylation is 1. The van der Waals surface area contributed by atoms with Crippen molar-refractivity contribution in [2.45, 2.75) is 38.6 Å². The first kappa shape index (κ1) is 21.0. The third-order valence-corrected chi connectivity index (χ3v) is 4.69. The quantitative estimate of drug-likeness (QED) is 0.607. The molecule has 3 rings (SSSR count). The average molecular weight is 409 g/mol. The third-order valence-electron chi connectivity index (χ3n) is 4.69. The summed E-state index contributed by atoms with van der Waals surface area (Å²) in [6.45, 7) is 3.95. The smallest absolute Gasteiger partial charge is 0.435 e. The predicted octanol–water partition coefficient (Wildman–Crippen LogP) is 3.45. The van der Waals surface area contributed by atoms with Gasteiger partial charge in [-0.2, -0.15) is 18.3 Å². The normalized spacial score (nSPS) is 16.2. The molecule has 1 aromatic heterocycles. The molecular formula is C20H26F3N5O. The topological polar surface area (TPSA) is 54.7 Å². The van der Waals surface area contributed by atoms with Gasteiger partial charge in [-0.3, -0.25) is 4.68 Å². The number of ether oxygens (including phenoxy) is 1. The summed E-state index contributed by atoms with van der Waals surface area (Å²) in [5.74, 6) is 1.46. The number of aromatic nitrogens is 2. The number of piperidine rings is 1. The largest absolute Gasteiger partial charge is 0.490 e. The fourth-order valence-corrected chi connectivity index (χ4v) is 3.35. The molecule has 2 heterocycles. The van der Waals surface area contributed by atoms with E-state index < -0.39 is 11.9 Å². The van der Waals surface area contributed by atoms with Gasteiger partial charge in [-0.15, -0.1) is 0 Å². The molecule has 1 fully saturated rings. The summed E-state index contributed by atoms with van der Waals surface area (Å²) < 4.78 is 46.6. The van der Waals surface area contributed by atoms with Crippen molar-refractivity contribution < 1.29 is 17.9 Å². The highest BCUT2D eigenvalue weighted by Gasteiger charge is 2.36. The van der Waals surface area contributed by atoms with Gasteiger partial charge in [-0.05, 0) is 19.1 Å². The van der Waals surface area contributed by atoms with E-state index in [1.807, 2.05) is 37.3 Å². The number of nitrogens with one attached hydrogen (secondary N) is 1. The van der Waals surface area contributed by atoms with Gasteiger partial charge < -0.3 is 15.0 Å². The molecule has 9 heteroatoms. The maximum absolute atomic E-state index is 13.1. The maximum Gasteiger partial charge on any atom is 0.435 e. The lowest BCUT2D eigenvalue weighted by molar-refractivity contribution is -0.142. The summed E-state index contributed by atoms with van der Waals surface area (Å²) in [6, 6.07) is 9.69. The molecule has 1 aliphatic rings. The van der Waals surface area contributed by atoms with Crippen LogP contribution in [0.25, 0.3) is 0 Å². The van der Waals surface area contributed by atoms with Crippen LogP contribution in [0.3, 0.4) is 0 Å². The number of hydrogen-bond acceptors (Lipinski definition) is 3. The average Bonchev–Trinajstić information content (AvgIpc) is 3.08. The predicted molar refractivity (Wildman–Crippen MR) is 105 cm³/mol. The maximum atomic E-state index is 13.1. The summed E-state index contributed by atoms with van der Waals surface area (Å²) in [7, 11) is 1.48. The van der Waals surface area contributed by atoms with Crippen LogP contribution in [-0.4, -0.2) is 46.4 Å². The monoisotopic (exact) mass is 409 g/mol. The minimum Gasteiger partial charge on any atom is -0.490 e. The van der Waals surface area contributed by atoms with E-state index in [1.54, 1.807) is 0 Å². The SMILES string of the molecule is CCNC(=NCc1cn(C)nc1C(F)(F)F)N1CCC(Oc2ccccc2)CC1. The van der Waals surface area contributed by atoms with Crippen LogP contribution in [0.4, 0.5) is 13.2 Å². The van der Waals surface area contributed by atoms with Crippen molar-refractivity contribution in [1.82, 2.24) is 20.0 Å². The number of rotatable bonds is 5. The Morgan fingerprint density at radius 1 is 1.24 bits per heavy atom. The van der Waals surface area contributed by atoms with Crippen molar-refractivity contribution in [2.24, 2.45) is 12.0 Å². The zero-order valence-corrected chi connectivity index (χ0v) is 16.6. The fourth-order valence-electron chi connectivity index (χ4n) is 3.35. The zero-order valence-electron chi connectivity index (χ0n) is 16.6. The van der Waals surface area contributed by atoms with Crippen LogP contribution < -0.4 is 10.1 Å². The molecule has 2 aromatic rings. The number of aliphatic imine (C=N–C) groups is 1. The molecule has 1 saturated heterocycles. The van der Waals surface area contributed by atoms with Crippen LogP contribution in [0.1, 0.15) is 31.0 Å². The van der Waals surface area contributed by atoms with Crippen LogP contribution in [0, 0.1) is 0 Å². The Balaban J connectivity index is 1.63. The molecule has 0 unspecified atom stereocenters. The van der Waals surface area contributed by atoms with Gasteiger partial charge in [0.1, 0.15) is 11.9 Å². The second kappa shape index (κ2) is 9.19. The molecule has 0 amide bonds. The first-order valence-electron chi connectivity index (χ1n) is 9.71. The van der Waals surface area contributed by atoms with E-state index in [4.69, 9.17) is 4.74 Å². The van der Waals surface area contributed by atoms with Crippen molar-refractivity contribution in [3.8, 4) is 5.75 Å². The minimum atomic E-state index is -4.49. The number of para-hydroxylation sites is 1. The van der Waals surface area contributed by atoms with E-state index in [9.17, 15) is 13.2 Å². The van der Waals surface area contributed by atoms with Crippen LogP contribution >= 0.6 is 0 Å². The Hall–Kier alpha value is -2.71. The van der Waals surface area contributed by atoms with Crippen molar-refractivity contribution in [1.29, 1.82) is 0 Å². The molecule has 1 N–H and O–H groups in total. The Morgan fingerprint density at radius 2 is 1.93 bits per heavy atom. The second-order valence-corrected chi connectivity index (χ2v) is 6.96. The highest BCUT2D eigenvalue weighted by Crippen LogP contribution is 2.31. The third kappa shape index (κ3) is 5.65. The number of halogens is 3. The molecule has 0 radical (unpaired) electrons. The molecule has 0 aliphatic carbocycles. The van der Waals surface area contributed by atoms with E-state index in [-0.39, 0.29) is 18.2 Å². The van der Waals surface area contributed by atoms with Crippen LogP contribution in [-0.2, 0) is 19.8 Å². The van der Waals surface area contributed by atoms with E-state index >= 15 is 0 Å².